The van der Waals surface area contributed by atoms with E-state index in [0.717, 1.165) is 18.4 Å². The maximum absolute atomic E-state index is 12.0. The summed E-state index contributed by atoms with van der Waals surface area (Å²) in [6, 6.07) is 9.61. The van der Waals surface area contributed by atoms with Crippen LogP contribution in [0.25, 0.3) is 6.08 Å². The Hall–Kier alpha value is -2.10. The van der Waals surface area contributed by atoms with Gasteiger partial charge in [-0.15, -0.1) is 0 Å². The molecule has 4 nitrogen and oxygen atoms in total. The molecular weight excluding hydrogens is 228 g/mol. The van der Waals surface area contributed by atoms with Crippen molar-refractivity contribution in [3.8, 4) is 0 Å². The first kappa shape index (κ1) is 12.4. The SMILES string of the molecule is O=C(/C=C/c1ccccc1)N1CCC[C@H]1/C=N/O. The van der Waals surface area contributed by atoms with Crippen molar-refractivity contribution in [1.82, 2.24) is 4.90 Å². The molecule has 1 heterocycles. The average Bonchev–Trinajstić information content (AvgIpc) is 2.86. The van der Waals surface area contributed by atoms with E-state index in [9.17, 15) is 4.79 Å². The summed E-state index contributed by atoms with van der Waals surface area (Å²) in [5.41, 5.74) is 0.998. The van der Waals surface area contributed by atoms with E-state index in [-0.39, 0.29) is 11.9 Å². The molecule has 1 N–H and O–H groups in total. The molecule has 2 rings (SSSR count). The van der Waals surface area contributed by atoms with Crippen LogP contribution in [0.2, 0.25) is 0 Å². The van der Waals surface area contributed by atoms with E-state index in [0.29, 0.717) is 6.54 Å². The molecule has 1 amide bonds. The van der Waals surface area contributed by atoms with Crippen molar-refractivity contribution in [3.63, 3.8) is 0 Å². The van der Waals surface area contributed by atoms with Crippen molar-refractivity contribution < 1.29 is 10.0 Å². The number of carbonyl (C=O) groups excluding carboxylic acids is 1. The highest BCUT2D eigenvalue weighted by molar-refractivity contribution is 5.93. The van der Waals surface area contributed by atoms with Crippen molar-refractivity contribution in [3.05, 3.63) is 42.0 Å². The van der Waals surface area contributed by atoms with Crippen LogP contribution in [0.1, 0.15) is 18.4 Å². The molecule has 1 aromatic carbocycles. The lowest BCUT2D eigenvalue weighted by atomic mass is 10.2. The fraction of sp³-hybridized carbons (Fsp3) is 0.286. The van der Waals surface area contributed by atoms with Gasteiger partial charge in [0.05, 0.1) is 12.3 Å². The molecule has 1 aliphatic heterocycles. The van der Waals surface area contributed by atoms with E-state index in [1.165, 1.54) is 6.21 Å². The van der Waals surface area contributed by atoms with Crippen LogP contribution in [0.3, 0.4) is 0 Å². The maximum Gasteiger partial charge on any atom is 0.247 e. The Kier molecular flexibility index (Phi) is 4.12. The minimum atomic E-state index is -0.0806. The van der Waals surface area contributed by atoms with Gasteiger partial charge < -0.3 is 10.1 Å². The Morgan fingerprint density at radius 2 is 2.17 bits per heavy atom. The number of nitrogens with zero attached hydrogens (tertiary/aromatic N) is 2. The Morgan fingerprint density at radius 1 is 1.39 bits per heavy atom. The first-order valence-electron chi connectivity index (χ1n) is 6.02. The molecule has 0 aromatic heterocycles. The minimum absolute atomic E-state index is 0.0405. The number of hydrogen-bond acceptors (Lipinski definition) is 3. The van der Waals surface area contributed by atoms with E-state index in [2.05, 4.69) is 5.16 Å². The number of carbonyl (C=O) groups is 1. The average molecular weight is 244 g/mol. The second-order valence-corrected chi connectivity index (χ2v) is 4.25. The van der Waals surface area contributed by atoms with Gasteiger partial charge in [0.2, 0.25) is 5.91 Å². The smallest absolute Gasteiger partial charge is 0.247 e. The van der Waals surface area contributed by atoms with E-state index < -0.39 is 0 Å². The zero-order chi connectivity index (χ0) is 12.8. The number of amides is 1. The van der Waals surface area contributed by atoms with E-state index in [1.807, 2.05) is 30.3 Å². The lowest BCUT2D eigenvalue weighted by Gasteiger charge is -2.19. The summed E-state index contributed by atoms with van der Waals surface area (Å²) in [5, 5.41) is 11.6. The molecule has 0 saturated carbocycles. The van der Waals surface area contributed by atoms with Crippen LogP contribution in [0.5, 0.6) is 0 Å². The molecule has 94 valence electrons. The van der Waals surface area contributed by atoms with Crippen molar-refractivity contribution in [2.24, 2.45) is 5.16 Å². The van der Waals surface area contributed by atoms with Gasteiger partial charge in [0, 0.05) is 12.6 Å². The summed E-state index contributed by atoms with van der Waals surface area (Å²) in [5.74, 6) is -0.0405. The van der Waals surface area contributed by atoms with Gasteiger partial charge in [-0.1, -0.05) is 35.5 Å². The summed E-state index contributed by atoms with van der Waals surface area (Å²) >= 11 is 0. The monoisotopic (exact) mass is 244 g/mol. The third kappa shape index (κ3) is 2.97. The van der Waals surface area contributed by atoms with Crippen LogP contribution in [0.15, 0.2) is 41.6 Å². The Bertz CT molecular complexity index is 454. The third-order valence-corrected chi connectivity index (χ3v) is 3.04. The van der Waals surface area contributed by atoms with Crippen LogP contribution in [-0.2, 0) is 4.79 Å². The zero-order valence-electron chi connectivity index (χ0n) is 10.1. The third-order valence-electron chi connectivity index (χ3n) is 3.04. The molecule has 1 saturated heterocycles. The second-order valence-electron chi connectivity index (χ2n) is 4.25. The van der Waals surface area contributed by atoms with Gasteiger partial charge in [-0.05, 0) is 24.5 Å². The molecule has 4 heteroatoms. The highest BCUT2D eigenvalue weighted by atomic mass is 16.4. The molecule has 1 atom stereocenters. The van der Waals surface area contributed by atoms with Gasteiger partial charge in [0.1, 0.15) is 0 Å². The van der Waals surface area contributed by atoms with Gasteiger partial charge in [-0.3, -0.25) is 4.79 Å². The van der Waals surface area contributed by atoms with Crippen molar-refractivity contribution >= 4 is 18.2 Å². The van der Waals surface area contributed by atoms with Gasteiger partial charge >= 0.3 is 0 Å². The minimum Gasteiger partial charge on any atom is -0.411 e. The predicted molar refractivity (Wildman–Crippen MR) is 70.5 cm³/mol. The lowest BCUT2D eigenvalue weighted by Crippen LogP contribution is -2.35. The van der Waals surface area contributed by atoms with E-state index in [1.54, 1.807) is 17.1 Å². The quantitative estimate of drug-likeness (QED) is 0.383. The van der Waals surface area contributed by atoms with Crippen molar-refractivity contribution in [2.45, 2.75) is 18.9 Å². The fourth-order valence-electron chi connectivity index (χ4n) is 2.13. The summed E-state index contributed by atoms with van der Waals surface area (Å²) < 4.78 is 0. The Labute approximate surface area is 106 Å². The normalized spacial score (nSPS) is 20.0. The number of benzene rings is 1. The lowest BCUT2D eigenvalue weighted by molar-refractivity contribution is -0.125. The van der Waals surface area contributed by atoms with Crippen LogP contribution in [0.4, 0.5) is 0 Å². The van der Waals surface area contributed by atoms with Crippen LogP contribution in [0, 0.1) is 0 Å². The predicted octanol–water partition coefficient (Wildman–Crippen LogP) is 2.15. The first-order chi connectivity index (χ1) is 8.81. The number of rotatable bonds is 3. The second kappa shape index (κ2) is 6.00. The van der Waals surface area contributed by atoms with E-state index >= 15 is 0 Å². The van der Waals surface area contributed by atoms with Crippen LogP contribution < -0.4 is 0 Å². The Balaban J connectivity index is 2.01. The summed E-state index contributed by atoms with van der Waals surface area (Å²) in [6.07, 6.45) is 6.59. The number of oxime groups is 1. The van der Waals surface area contributed by atoms with Gasteiger partial charge in [0.15, 0.2) is 0 Å². The number of hydrogen-bond donors (Lipinski definition) is 1. The van der Waals surface area contributed by atoms with Gasteiger partial charge in [-0.25, -0.2) is 0 Å². The fourth-order valence-corrected chi connectivity index (χ4v) is 2.13. The number of likely N-dealkylation sites (tertiary alicyclic amines) is 1. The van der Waals surface area contributed by atoms with Crippen LogP contribution >= 0.6 is 0 Å². The van der Waals surface area contributed by atoms with Crippen LogP contribution in [-0.4, -0.2) is 34.8 Å². The molecule has 0 spiro atoms. The molecule has 0 radical (unpaired) electrons. The van der Waals surface area contributed by atoms with E-state index in [4.69, 9.17) is 5.21 Å². The largest absolute Gasteiger partial charge is 0.411 e. The van der Waals surface area contributed by atoms with Crippen molar-refractivity contribution in [2.75, 3.05) is 6.54 Å². The van der Waals surface area contributed by atoms with Gasteiger partial charge in [-0.2, -0.15) is 0 Å². The molecule has 1 aromatic rings. The summed E-state index contributed by atoms with van der Waals surface area (Å²) in [7, 11) is 0. The highest BCUT2D eigenvalue weighted by Gasteiger charge is 2.25. The highest BCUT2D eigenvalue weighted by Crippen LogP contribution is 2.16. The zero-order valence-corrected chi connectivity index (χ0v) is 10.1. The van der Waals surface area contributed by atoms with Gasteiger partial charge in [0.25, 0.3) is 0 Å². The molecular formula is C14H16N2O2. The maximum atomic E-state index is 12.0. The molecule has 0 bridgehead atoms. The topological polar surface area (TPSA) is 52.9 Å². The molecule has 0 unspecified atom stereocenters. The molecule has 1 aliphatic rings. The van der Waals surface area contributed by atoms with Crippen molar-refractivity contribution in [1.29, 1.82) is 0 Å². The molecule has 0 aliphatic carbocycles. The summed E-state index contributed by atoms with van der Waals surface area (Å²) in [4.78, 5) is 13.7. The summed E-state index contributed by atoms with van der Waals surface area (Å²) in [6.45, 7) is 0.717. The standard InChI is InChI=1S/C14H16N2O2/c17-14(9-8-12-5-2-1-3-6-12)16-10-4-7-13(16)11-15-18/h1-3,5-6,8-9,11,13,18H,4,7,10H2/b9-8+,15-11+/t13-/m0/s1. The Morgan fingerprint density at radius 3 is 2.89 bits per heavy atom. The molecule has 18 heavy (non-hydrogen) atoms. The first-order valence-corrected chi connectivity index (χ1v) is 6.02. The molecule has 1 fully saturated rings.